The Labute approximate surface area is 539 Å². The standard InChI is InChI=1S/C75H125NO13/c1-3-5-7-9-11-13-15-17-19-21-22-23-24-25-26-27-28-29-30-31-32-33-34-35-36-37-38-39-40-41-42-43-45-47-49-51-53-55-57-59-67(80)76-63(64(79)58-56-54-52-50-48-46-44-20-18-16-14-12-10-8-6-4-2)62-86-74-72(85)70(83)73(66(61-78)88-74)89-75-71(84)69(82)68(81)65(60-77)87-75/h5,7,11,13,17-20,22-23,25-26,28-29,31-32,34-35,48,50,56,58,63-66,68-75,77-79,81-85H,3-4,6,8-10,12,14-16,21,24,27,30,33,36-47,49,51-55,57,59-62H2,1-2H3,(H,76,80)/b7-5-,13-11-,19-17-,20-18+,23-22-,26-25-,29-28-,32-31-,35-34-,50-48+,58-56+. The maximum absolute atomic E-state index is 13.3. The van der Waals surface area contributed by atoms with Crippen LogP contribution in [0.4, 0.5) is 0 Å². The van der Waals surface area contributed by atoms with Gasteiger partial charge in [0.1, 0.15) is 48.8 Å². The summed E-state index contributed by atoms with van der Waals surface area (Å²) >= 11 is 0. The highest BCUT2D eigenvalue weighted by molar-refractivity contribution is 5.76. The SMILES string of the molecule is CC/C=C\C/C=C\C/C=C\C/C=C\C/C=C\C/C=C\C/C=C\C/C=C\CCCCCCCCCCCCCCCCC(=O)NC(COC1OC(CO)C(OC2OC(CO)C(O)C(O)C2O)C(O)C1O)C(O)/C=C/CC/C=C/CC/C=C/CCCCCCCC. The minimum atomic E-state index is -1.80. The highest BCUT2D eigenvalue weighted by Gasteiger charge is 2.51. The van der Waals surface area contributed by atoms with E-state index in [0.29, 0.717) is 12.8 Å². The Morgan fingerprint density at radius 2 is 0.787 bits per heavy atom. The third kappa shape index (κ3) is 42.1. The van der Waals surface area contributed by atoms with E-state index in [1.54, 1.807) is 6.08 Å². The molecule has 0 aromatic heterocycles. The Bertz CT molecular complexity index is 2010. The summed E-state index contributed by atoms with van der Waals surface area (Å²) in [6.07, 6.45) is 69.4. The molecule has 89 heavy (non-hydrogen) atoms. The van der Waals surface area contributed by atoms with Crippen LogP contribution in [0, 0.1) is 0 Å². The van der Waals surface area contributed by atoms with E-state index in [1.165, 1.54) is 103 Å². The van der Waals surface area contributed by atoms with Crippen LogP contribution in [0.15, 0.2) is 134 Å². The number of aliphatic hydroxyl groups is 8. The minimum Gasteiger partial charge on any atom is -0.394 e. The van der Waals surface area contributed by atoms with Crippen LogP contribution in [0.3, 0.4) is 0 Å². The lowest BCUT2D eigenvalue weighted by atomic mass is 9.97. The van der Waals surface area contributed by atoms with Gasteiger partial charge in [0.25, 0.3) is 0 Å². The van der Waals surface area contributed by atoms with Crippen LogP contribution in [-0.2, 0) is 23.7 Å². The number of hydrogen-bond acceptors (Lipinski definition) is 13. The minimum absolute atomic E-state index is 0.259. The summed E-state index contributed by atoms with van der Waals surface area (Å²) in [5, 5.41) is 87.3. The van der Waals surface area contributed by atoms with E-state index in [2.05, 4.69) is 141 Å². The van der Waals surface area contributed by atoms with Crippen molar-refractivity contribution >= 4 is 5.91 Å². The molecule has 0 aromatic rings. The van der Waals surface area contributed by atoms with Gasteiger partial charge in [0, 0.05) is 6.42 Å². The summed E-state index contributed by atoms with van der Waals surface area (Å²) in [6.45, 7) is 2.64. The lowest BCUT2D eigenvalue weighted by Gasteiger charge is -2.46. The molecule has 0 aliphatic carbocycles. The number of rotatable bonds is 55. The topological polar surface area (TPSA) is 228 Å². The third-order valence-electron chi connectivity index (χ3n) is 16.0. The highest BCUT2D eigenvalue weighted by Crippen LogP contribution is 2.30. The van der Waals surface area contributed by atoms with Crippen molar-refractivity contribution in [3.05, 3.63) is 134 Å². The van der Waals surface area contributed by atoms with E-state index in [1.807, 2.05) is 6.08 Å². The molecule has 0 bridgehead atoms. The largest absolute Gasteiger partial charge is 0.394 e. The molecule has 2 aliphatic heterocycles. The van der Waals surface area contributed by atoms with Gasteiger partial charge < -0.3 is 65.1 Å². The zero-order valence-electron chi connectivity index (χ0n) is 55.1. The number of allylic oxidation sites excluding steroid dienone is 21. The Morgan fingerprint density at radius 3 is 1.24 bits per heavy atom. The zero-order chi connectivity index (χ0) is 64.5. The number of amides is 1. The number of unbranched alkanes of at least 4 members (excludes halogenated alkanes) is 22. The molecule has 0 radical (unpaired) electrons. The van der Waals surface area contributed by atoms with Gasteiger partial charge in [-0.05, 0) is 109 Å². The van der Waals surface area contributed by atoms with E-state index < -0.39 is 86.8 Å². The summed E-state index contributed by atoms with van der Waals surface area (Å²) in [5.74, 6) is -0.259. The lowest BCUT2D eigenvalue weighted by Crippen LogP contribution is -2.65. The molecule has 0 spiro atoms. The normalized spacial score (nSPS) is 23.9. The lowest BCUT2D eigenvalue weighted by molar-refractivity contribution is -0.359. The summed E-state index contributed by atoms with van der Waals surface area (Å²) in [6, 6.07) is -0.946. The second kappa shape index (κ2) is 58.0. The Balaban J connectivity index is 1.63. The molecule has 9 N–H and O–H groups in total. The van der Waals surface area contributed by atoms with Crippen molar-refractivity contribution < 1.29 is 64.6 Å². The van der Waals surface area contributed by atoms with E-state index in [9.17, 15) is 45.6 Å². The van der Waals surface area contributed by atoms with Crippen molar-refractivity contribution in [2.24, 2.45) is 0 Å². The summed E-state index contributed by atoms with van der Waals surface area (Å²) in [4.78, 5) is 13.3. The van der Waals surface area contributed by atoms with Crippen molar-refractivity contribution in [3.8, 4) is 0 Å². The van der Waals surface area contributed by atoms with Crippen LogP contribution in [0.2, 0.25) is 0 Å². The quantitative estimate of drug-likeness (QED) is 0.0204. The molecule has 2 aliphatic rings. The Morgan fingerprint density at radius 1 is 0.416 bits per heavy atom. The number of carbonyl (C=O) groups excluding carboxylic acids is 1. The molecule has 12 atom stereocenters. The number of ether oxygens (including phenoxy) is 4. The Kier molecular flexibility index (Phi) is 52.9. The van der Waals surface area contributed by atoms with Crippen LogP contribution in [-0.4, -0.2) is 140 Å². The number of hydrogen-bond donors (Lipinski definition) is 9. The molecule has 12 unspecified atom stereocenters. The first-order chi connectivity index (χ1) is 43.6. The second-order valence-corrected chi connectivity index (χ2v) is 23.9. The molecule has 508 valence electrons. The fraction of sp³-hybridized carbons (Fsp3) is 0.693. The molecule has 2 rings (SSSR count). The highest BCUT2D eigenvalue weighted by atomic mass is 16.7. The maximum atomic E-state index is 13.3. The summed E-state index contributed by atoms with van der Waals surface area (Å²) < 4.78 is 22.8. The predicted molar refractivity (Wildman–Crippen MR) is 364 cm³/mol. The molecular weight excluding hydrogens is 1120 g/mol. The van der Waals surface area contributed by atoms with E-state index in [0.717, 1.165) is 103 Å². The summed E-state index contributed by atoms with van der Waals surface area (Å²) in [7, 11) is 0. The molecule has 1 amide bonds. The average Bonchev–Trinajstić information content (AvgIpc) is 2.55. The van der Waals surface area contributed by atoms with Crippen LogP contribution in [0.25, 0.3) is 0 Å². The number of carbonyl (C=O) groups is 1. The van der Waals surface area contributed by atoms with Crippen LogP contribution in [0.1, 0.15) is 239 Å². The van der Waals surface area contributed by atoms with Gasteiger partial charge in [0.05, 0.1) is 32.0 Å². The van der Waals surface area contributed by atoms with Crippen LogP contribution < -0.4 is 5.32 Å². The van der Waals surface area contributed by atoms with E-state index in [4.69, 9.17) is 18.9 Å². The Hall–Kier alpha value is -3.87. The number of aliphatic hydroxyl groups excluding tert-OH is 8. The number of nitrogens with one attached hydrogen (secondary N) is 1. The molecule has 2 heterocycles. The van der Waals surface area contributed by atoms with Gasteiger partial charge in [-0.2, -0.15) is 0 Å². The molecule has 14 heteroatoms. The van der Waals surface area contributed by atoms with Crippen molar-refractivity contribution in [2.75, 3.05) is 19.8 Å². The molecule has 2 fully saturated rings. The molecule has 0 aromatic carbocycles. The fourth-order valence-corrected chi connectivity index (χ4v) is 10.5. The van der Waals surface area contributed by atoms with E-state index in [-0.39, 0.29) is 18.9 Å². The smallest absolute Gasteiger partial charge is 0.220 e. The molecule has 14 nitrogen and oxygen atoms in total. The van der Waals surface area contributed by atoms with Gasteiger partial charge in [-0.1, -0.05) is 257 Å². The average molecular weight is 1250 g/mol. The molecule has 0 saturated carbocycles. The van der Waals surface area contributed by atoms with Gasteiger partial charge in [0.15, 0.2) is 12.6 Å². The predicted octanol–water partition coefficient (Wildman–Crippen LogP) is 14.3. The molecular formula is C75H125NO13. The first-order valence-electron chi connectivity index (χ1n) is 34.9. The first kappa shape index (κ1) is 81.2. The van der Waals surface area contributed by atoms with Crippen molar-refractivity contribution in [3.63, 3.8) is 0 Å². The fourth-order valence-electron chi connectivity index (χ4n) is 10.5. The van der Waals surface area contributed by atoms with Gasteiger partial charge in [-0.25, -0.2) is 0 Å². The molecule has 2 saturated heterocycles. The van der Waals surface area contributed by atoms with Crippen LogP contribution >= 0.6 is 0 Å². The zero-order valence-corrected chi connectivity index (χ0v) is 55.1. The first-order valence-corrected chi connectivity index (χ1v) is 34.9. The van der Waals surface area contributed by atoms with Gasteiger partial charge in [0.2, 0.25) is 5.91 Å². The monoisotopic (exact) mass is 1250 g/mol. The van der Waals surface area contributed by atoms with Gasteiger partial charge in [-0.3, -0.25) is 4.79 Å². The van der Waals surface area contributed by atoms with Gasteiger partial charge >= 0.3 is 0 Å². The van der Waals surface area contributed by atoms with Crippen LogP contribution in [0.5, 0.6) is 0 Å². The van der Waals surface area contributed by atoms with Crippen molar-refractivity contribution in [2.45, 2.75) is 312 Å². The maximum Gasteiger partial charge on any atom is 0.220 e. The van der Waals surface area contributed by atoms with Crippen molar-refractivity contribution in [1.82, 2.24) is 5.32 Å². The van der Waals surface area contributed by atoms with Gasteiger partial charge in [-0.15, -0.1) is 0 Å². The second-order valence-electron chi connectivity index (χ2n) is 23.9. The third-order valence-corrected chi connectivity index (χ3v) is 16.0. The summed E-state index contributed by atoms with van der Waals surface area (Å²) in [5.41, 5.74) is 0. The van der Waals surface area contributed by atoms with Crippen molar-refractivity contribution in [1.29, 1.82) is 0 Å². The van der Waals surface area contributed by atoms with E-state index >= 15 is 0 Å².